The molecule has 168 valence electrons. The molecule has 9 heteroatoms. The van der Waals surface area contributed by atoms with Gasteiger partial charge in [-0.3, -0.25) is 5.10 Å². The number of aromatic nitrogens is 4. The molecule has 1 aromatic carbocycles. The Hall–Kier alpha value is -3.33. The minimum absolute atomic E-state index is 0.292. The lowest BCUT2D eigenvalue weighted by molar-refractivity contribution is -0.142. The van der Waals surface area contributed by atoms with E-state index in [9.17, 15) is 18.7 Å². The molecular weight excluding hydrogens is 418 g/mol. The van der Waals surface area contributed by atoms with Gasteiger partial charge in [-0.05, 0) is 36.8 Å². The van der Waals surface area contributed by atoms with Crippen LogP contribution in [0, 0.1) is 12.7 Å². The Morgan fingerprint density at radius 2 is 2.09 bits per heavy atom. The van der Waals surface area contributed by atoms with Gasteiger partial charge in [0.25, 0.3) is 0 Å². The molecule has 0 aliphatic carbocycles. The van der Waals surface area contributed by atoms with E-state index >= 15 is 0 Å². The molecule has 0 fully saturated rings. The number of aliphatic carboxylic acids is 1. The second-order valence-electron chi connectivity index (χ2n) is 8.59. The lowest BCUT2D eigenvalue weighted by Gasteiger charge is -2.28. The number of hydrogen-bond donors (Lipinski definition) is 2. The Morgan fingerprint density at radius 3 is 2.75 bits per heavy atom. The number of ether oxygens (including phenoxy) is 1. The topological polar surface area (TPSA) is 93.0 Å². The fourth-order valence-corrected chi connectivity index (χ4v) is 4.26. The van der Waals surface area contributed by atoms with Crippen LogP contribution in [0.15, 0.2) is 30.5 Å². The first-order valence-electron chi connectivity index (χ1n) is 10.1. The number of alkyl halides is 1. The maximum atomic E-state index is 14.5. The molecule has 0 radical (unpaired) electrons. The van der Waals surface area contributed by atoms with Gasteiger partial charge < -0.3 is 14.4 Å². The van der Waals surface area contributed by atoms with Gasteiger partial charge >= 0.3 is 5.97 Å². The highest BCUT2D eigenvalue weighted by molar-refractivity contribution is 5.94. The van der Waals surface area contributed by atoms with Crippen LogP contribution in [-0.4, -0.2) is 50.7 Å². The average Bonchev–Trinajstić information content (AvgIpc) is 3.30. The molecule has 3 heterocycles. The summed E-state index contributed by atoms with van der Waals surface area (Å²) in [5.41, 5.74) is 3.23. The third kappa shape index (κ3) is 3.62. The molecule has 4 rings (SSSR count). The van der Waals surface area contributed by atoms with Crippen molar-refractivity contribution < 1.29 is 23.4 Å². The maximum Gasteiger partial charge on any atom is 0.338 e. The van der Waals surface area contributed by atoms with E-state index in [1.165, 1.54) is 6.07 Å². The zero-order valence-electron chi connectivity index (χ0n) is 18.2. The molecule has 3 aromatic heterocycles. The van der Waals surface area contributed by atoms with Gasteiger partial charge in [-0.1, -0.05) is 13.8 Å². The number of H-pyrrole nitrogens is 1. The smallest absolute Gasteiger partial charge is 0.338 e. The summed E-state index contributed by atoms with van der Waals surface area (Å²) in [6, 6.07) is 6.59. The van der Waals surface area contributed by atoms with Crippen LogP contribution in [-0.2, 0) is 21.4 Å². The number of nitrogens with one attached hydrogen (secondary N) is 1. The number of aryl methyl sites for hydroxylation is 1. The predicted molar refractivity (Wildman–Crippen MR) is 117 cm³/mol. The van der Waals surface area contributed by atoms with Gasteiger partial charge in [0.05, 0.1) is 23.8 Å². The summed E-state index contributed by atoms with van der Waals surface area (Å²) in [7, 11) is 1.57. The highest BCUT2D eigenvalue weighted by Crippen LogP contribution is 2.39. The van der Waals surface area contributed by atoms with E-state index < -0.39 is 17.6 Å². The second-order valence-corrected chi connectivity index (χ2v) is 8.59. The van der Waals surface area contributed by atoms with Crippen molar-refractivity contribution in [3.05, 3.63) is 53.1 Å². The Morgan fingerprint density at radius 1 is 1.34 bits per heavy atom. The van der Waals surface area contributed by atoms with Gasteiger partial charge in [0.1, 0.15) is 5.82 Å². The third-order valence-corrected chi connectivity index (χ3v) is 5.64. The van der Waals surface area contributed by atoms with E-state index in [1.54, 1.807) is 32.4 Å². The van der Waals surface area contributed by atoms with Crippen molar-refractivity contribution in [1.82, 2.24) is 19.7 Å². The largest absolute Gasteiger partial charge is 0.479 e. The number of carboxylic acid groups (broad SMARTS) is 1. The first-order valence-corrected chi connectivity index (χ1v) is 10.1. The van der Waals surface area contributed by atoms with Crippen molar-refractivity contribution in [3.63, 3.8) is 0 Å². The highest BCUT2D eigenvalue weighted by Gasteiger charge is 2.34. The molecule has 0 amide bonds. The van der Waals surface area contributed by atoms with Crippen LogP contribution in [0.5, 0.6) is 0 Å². The summed E-state index contributed by atoms with van der Waals surface area (Å²) >= 11 is 0. The van der Waals surface area contributed by atoms with Crippen molar-refractivity contribution in [1.29, 1.82) is 0 Å². The number of fused-ring (bicyclic) bond motifs is 2. The third-order valence-electron chi connectivity index (χ3n) is 5.64. The minimum atomic E-state index is -2.11. The molecule has 0 bridgehead atoms. The van der Waals surface area contributed by atoms with Crippen molar-refractivity contribution in [2.45, 2.75) is 38.8 Å². The summed E-state index contributed by atoms with van der Waals surface area (Å²) < 4.78 is 35.9. The molecule has 7 nitrogen and oxygen atoms in total. The quantitative estimate of drug-likeness (QED) is 0.447. The second kappa shape index (κ2) is 7.98. The molecule has 0 aliphatic heterocycles. The van der Waals surface area contributed by atoms with Gasteiger partial charge in [-0.25, -0.2) is 18.6 Å². The van der Waals surface area contributed by atoms with Crippen LogP contribution in [0.3, 0.4) is 0 Å². The van der Waals surface area contributed by atoms with Gasteiger partial charge in [0.2, 0.25) is 6.17 Å². The number of aromatic amines is 1. The number of nitrogens with zero attached hydrogens (tertiary/aromatic N) is 3. The first-order chi connectivity index (χ1) is 15.1. The van der Waals surface area contributed by atoms with E-state index in [4.69, 9.17) is 4.74 Å². The van der Waals surface area contributed by atoms with E-state index in [2.05, 4.69) is 15.2 Å². The lowest BCUT2D eigenvalue weighted by atomic mass is 9.86. The number of benzene rings is 1. The normalized spacial score (nSPS) is 13.2. The SMILES string of the molecule is COCC(C)(C)c1c(C[C@H](F)C(=O)O)c2nc3[nH]ncc3cc2n1-c1ccc(F)c(C)c1. The van der Waals surface area contributed by atoms with E-state index in [0.29, 0.717) is 45.8 Å². The molecule has 0 spiro atoms. The summed E-state index contributed by atoms with van der Waals surface area (Å²) in [5.74, 6) is -1.88. The molecule has 0 aliphatic rings. The van der Waals surface area contributed by atoms with Gasteiger partial charge in [0, 0.05) is 41.3 Å². The molecule has 0 saturated heterocycles. The van der Waals surface area contributed by atoms with Crippen LogP contribution in [0.25, 0.3) is 27.8 Å². The van der Waals surface area contributed by atoms with Crippen molar-refractivity contribution in [2.24, 2.45) is 0 Å². The van der Waals surface area contributed by atoms with Crippen LogP contribution in [0.2, 0.25) is 0 Å². The summed E-state index contributed by atoms with van der Waals surface area (Å²) in [4.78, 5) is 16.0. The number of carboxylic acids is 1. The average molecular weight is 442 g/mol. The van der Waals surface area contributed by atoms with E-state index in [-0.39, 0.29) is 12.2 Å². The van der Waals surface area contributed by atoms with Gasteiger partial charge in [-0.2, -0.15) is 5.10 Å². The fraction of sp³-hybridized carbons (Fsp3) is 0.348. The zero-order valence-corrected chi connectivity index (χ0v) is 18.2. The van der Waals surface area contributed by atoms with Crippen LogP contribution < -0.4 is 0 Å². The Balaban J connectivity index is 2.14. The molecule has 1 atom stereocenters. The lowest BCUT2D eigenvalue weighted by Crippen LogP contribution is -2.29. The zero-order chi connectivity index (χ0) is 23.2. The number of carbonyl (C=O) groups is 1. The van der Waals surface area contributed by atoms with Crippen LogP contribution >= 0.6 is 0 Å². The Kier molecular flexibility index (Phi) is 5.46. The van der Waals surface area contributed by atoms with Crippen molar-refractivity contribution >= 4 is 28.0 Å². The maximum absolute atomic E-state index is 14.5. The van der Waals surface area contributed by atoms with E-state index in [0.717, 1.165) is 5.39 Å². The summed E-state index contributed by atoms with van der Waals surface area (Å²) in [6.07, 6.45) is -0.849. The van der Waals surface area contributed by atoms with Crippen LogP contribution in [0.4, 0.5) is 8.78 Å². The van der Waals surface area contributed by atoms with Crippen molar-refractivity contribution in [2.75, 3.05) is 13.7 Å². The standard InChI is InChI=1S/C23H24F2N4O3/c1-12-7-14(5-6-16(12)24)29-18-8-13-10-26-28-21(13)27-19(18)15(9-17(25)22(30)31)20(29)23(2,3)11-32-4/h5-8,10,17H,9,11H2,1-4H3,(H,30,31)(H,26,27,28)/t17-/m0/s1. The number of pyridine rings is 1. The number of methoxy groups -OCH3 is 1. The number of rotatable bonds is 7. The highest BCUT2D eigenvalue weighted by atomic mass is 19.1. The fourth-order valence-electron chi connectivity index (χ4n) is 4.26. The number of halogens is 2. The molecule has 0 saturated carbocycles. The summed E-state index contributed by atoms with van der Waals surface area (Å²) in [5, 5.41) is 16.8. The van der Waals surface area contributed by atoms with Gasteiger partial charge in [-0.15, -0.1) is 0 Å². The first kappa shape index (κ1) is 21.9. The molecular formula is C23H24F2N4O3. The minimum Gasteiger partial charge on any atom is -0.479 e. The Bertz CT molecular complexity index is 1330. The molecule has 4 aromatic rings. The van der Waals surface area contributed by atoms with Crippen molar-refractivity contribution in [3.8, 4) is 5.69 Å². The number of hydrogen-bond acceptors (Lipinski definition) is 4. The summed E-state index contributed by atoms with van der Waals surface area (Å²) in [6.45, 7) is 5.82. The molecule has 2 N–H and O–H groups in total. The monoisotopic (exact) mass is 442 g/mol. The Labute approximate surface area is 183 Å². The van der Waals surface area contributed by atoms with Gasteiger partial charge in [0.15, 0.2) is 5.65 Å². The van der Waals surface area contributed by atoms with E-state index in [1.807, 2.05) is 24.5 Å². The van der Waals surface area contributed by atoms with Crippen LogP contribution in [0.1, 0.15) is 30.7 Å². The molecule has 32 heavy (non-hydrogen) atoms. The molecule has 0 unspecified atom stereocenters. The predicted octanol–water partition coefficient (Wildman–Crippen LogP) is 4.24.